The van der Waals surface area contributed by atoms with Crippen LogP contribution in [0.25, 0.3) is 43.3 Å². The predicted molar refractivity (Wildman–Crippen MR) is 301 cm³/mol. The van der Waals surface area contributed by atoms with E-state index in [0.717, 1.165) is 11.5 Å². The molecule has 0 aliphatic carbocycles. The van der Waals surface area contributed by atoms with Gasteiger partial charge in [-0.05, 0) is 152 Å². The minimum Gasteiger partial charge on any atom is -0.440 e. The van der Waals surface area contributed by atoms with E-state index in [4.69, 9.17) is 4.42 Å². The third kappa shape index (κ3) is 7.29. The number of hydrogen-bond acceptors (Lipinski definition) is 4. The lowest BCUT2D eigenvalue weighted by atomic mass is 9.33. The smallest absolute Gasteiger partial charge is 0.257 e. The van der Waals surface area contributed by atoms with Crippen LogP contribution in [0.1, 0.15) is 121 Å². The van der Waals surface area contributed by atoms with E-state index in [9.17, 15) is 0 Å². The van der Waals surface area contributed by atoms with E-state index in [0.29, 0.717) is 0 Å². The Hall–Kier alpha value is -6.30. The van der Waals surface area contributed by atoms with E-state index in [-0.39, 0.29) is 28.9 Å². The van der Waals surface area contributed by atoms with Gasteiger partial charge in [0, 0.05) is 49.1 Å². The van der Waals surface area contributed by atoms with Gasteiger partial charge in [-0.15, -0.1) is 11.3 Å². The molecule has 7 aromatic carbocycles. The highest BCUT2D eigenvalue weighted by Crippen LogP contribution is 2.52. The van der Waals surface area contributed by atoms with Crippen LogP contribution in [0.2, 0.25) is 0 Å². The summed E-state index contributed by atoms with van der Waals surface area (Å²) in [6, 6.07) is 49.0. The van der Waals surface area contributed by atoms with Crippen molar-refractivity contribution in [1.29, 1.82) is 0 Å². The van der Waals surface area contributed by atoms with Gasteiger partial charge in [0.05, 0.1) is 11.4 Å². The van der Waals surface area contributed by atoms with Gasteiger partial charge in [0.25, 0.3) is 6.71 Å². The van der Waals surface area contributed by atoms with Crippen LogP contribution < -0.4 is 26.2 Å². The highest BCUT2D eigenvalue weighted by molar-refractivity contribution is 7.17. The van der Waals surface area contributed by atoms with Crippen LogP contribution in [-0.2, 0) is 16.2 Å². The number of furan rings is 1. The Morgan fingerprint density at radius 2 is 1.12 bits per heavy atom. The molecule has 0 spiro atoms. The Kier molecular flexibility index (Phi) is 10.4. The summed E-state index contributed by atoms with van der Waals surface area (Å²) in [4.78, 5) is 5.18. The van der Waals surface area contributed by atoms with E-state index in [1.54, 1.807) is 0 Å². The van der Waals surface area contributed by atoms with Gasteiger partial charge in [0.2, 0.25) is 5.88 Å². The second-order valence-corrected chi connectivity index (χ2v) is 24.4. The number of hydrogen-bond donors (Lipinski definition) is 0. The van der Waals surface area contributed by atoms with Gasteiger partial charge in [-0.2, -0.15) is 0 Å². The van der Waals surface area contributed by atoms with Gasteiger partial charge >= 0.3 is 0 Å². The highest BCUT2D eigenvalue weighted by Gasteiger charge is 2.48. The molecular weight excluding hydrogens is 856 g/mol. The van der Waals surface area contributed by atoms with E-state index in [1.807, 2.05) is 11.3 Å². The summed E-state index contributed by atoms with van der Waals surface area (Å²) in [7, 11) is 0. The van der Waals surface area contributed by atoms with Crippen molar-refractivity contribution in [2.45, 2.75) is 119 Å². The summed E-state index contributed by atoms with van der Waals surface area (Å²) in [5.74, 6) is 1.18. The predicted octanol–water partition coefficient (Wildman–Crippen LogP) is 17.0. The Bertz CT molecular complexity index is 3510. The number of anilines is 6. The number of nitrogens with zero attached hydrogens (tertiary/aromatic N) is 2. The van der Waals surface area contributed by atoms with Gasteiger partial charge in [0.15, 0.2) is 0 Å². The first-order valence-corrected chi connectivity index (χ1v) is 25.8. The molecule has 9 aromatic rings. The third-order valence-corrected chi connectivity index (χ3v) is 16.1. The van der Waals surface area contributed by atoms with Crippen LogP contribution in [0.4, 0.5) is 34.3 Å². The monoisotopic (exact) mass is 920 g/mol. The fraction of sp³-hybridized carbons (Fsp3) is 0.281. The van der Waals surface area contributed by atoms with Gasteiger partial charge < -0.3 is 9.32 Å². The summed E-state index contributed by atoms with van der Waals surface area (Å²) < 4.78 is 8.73. The summed E-state index contributed by atoms with van der Waals surface area (Å²) in [5.41, 5.74) is 24.6. The van der Waals surface area contributed by atoms with E-state index >= 15 is 0 Å². The lowest BCUT2D eigenvalue weighted by Gasteiger charge is -2.44. The number of thiophene rings is 1. The molecular formula is C64H65BN2OS. The molecule has 5 heteroatoms. The molecule has 3 nitrogen and oxygen atoms in total. The van der Waals surface area contributed by atoms with Crippen LogP contribution in [0.5, 0.6) is 0 Å². The van der Waals surface area contributed by atoms with E-state index in [2.05, 4.69) is 240 Å². The van der Waals surface area contributed by atoms with E-state index < -0.39 is 0 Å². The van der Waals surface area contributed by atoms with Crippen LogP contribution in [0.15, 0.2) is 137 Å². The molecule has 0 saturated carbocycles. The van der Waals surface area contributed by atoms with Gasteiger partial charge in [-0.3, -0.25) is 4.90 Å². The SMILES string of the molecule is Cc1cc(C(C)(C)C)cc(C)c1N1c2cc(C(C)C)cc3c2B(c2cc(-c4csc5ccccc45)ccc2N3c2c(C)cc(C(C)(C)C)cc2-c2ccccc2)c2c1oc1ccc(C(C)(C)C)cc21. The zero-order chi connectivity index (χ0) is 48.6. The Labute approximate surface area is 414 Å². The normalized spacial score (nSPS) is 13.7. The quantitative estimate of drug-likeness (QED) is 0.160. The van der Waals surface area contributed by atoms with Crippen LogP contribution >= 0.6 is 11.3 Å². The maximum atomic E-state index is 7.43. The maximum absolute atomic E-state index is 7.43. The first-order valence-electron chi connectivity index (χ1n) is 25.0. The second kappa shape index (κ2) is 15.9. The van der Waals surface area contributed by atoms with Crippen molar-refractivity contribution < 1.29 is 4.42 Å². The van der Waals surface area contributed by atoms with Gasteiger partial charge in [-0.25, -0.2) is 0 Å². The van der Waals surface area contributed by atoms with Crippen molar-refractivity contribution >= 4 is 89.8 Å². The minimum absolute atomic E-state index is 0.00178. The lowest BCUT2D eigenvalue weighted by Crippen LogP contribution is -2.61. The summed E-state index contributed by atoms with van der Waals surface area (Å²) in [5, 5.41) is 4.83. The molecule has 69 heavy (non-hydrogen) atoms. The van der Waals surface area contributed by atoms with Gasteiger partial charge in [-0.1, -0.05) is 161 Å². The topological polar surface area (TPSA) is 19.6 Å². The van der Waals surface area contributed by atoms with Crippen LogP contribution in [0.3, 0.4) is 0 Å². The Balaban J connectivity index is 1.32. The molecule has 11 rings (SSSR count). The summed E-state index contributed by atoms with van der Waals surface area (Å²) in [6.45, 7) is 32.4. The number of aryl methyl sites for hydroxylation is 3. The Morgan fingerprint density at radius 1 is 0.507 bits per heavy atom. The van der Waals surface area contributed by atoms with Crippen molar-refractivity contribution in [3.8, 4) is 22.3 Å². The minimum atomic E-state index is -0.126. The molecule has 2 aliphatic rings. The van der Waals surface area contributed by atoms with Crippen LogP contribution in [0, 0.1) is 20.8 Å². The molecule has 0 atom stereocenters. The zero-order valence-electron chi connectivity index (χ0n) is 43.1. The third-order valence-electron chi connectivity index (χ3n) is 15.1. The van der Waals surface area contributed by atoms with Crippen LogP contribution in [-0.4, -0.2) is 6.71 Å². The highest BCUT2D eigenvalue weighted by atomic mass is 32.1. The molecule has 0 amide bonds. The molecule has 2 aromatic heterocycles. The Morgan fingerprint density at radius 3 is 1.77 bits per heavy atom. The summed E-state index contributed by atoms with van der Waals surface area (Å²) in [6.07, 6.45) is 0. The number of fused-ring (bicyclic) bond motifs is 7. The standard InChI is InChI=1S/C64H65BN2OS/c1-37(2)43-32-53-58-54(33-43)67(59-38(3)28-45(29-39(59)4)63(9,10)11)61-57(49-34-44(62(6,7)8)25-27-55(49)68-61)65(58)51-31-42(50-36-69-56-23-19-18-22-47(50)56)24-26-52(51)66(53)60-40(5)30-46(64(12,13)14)35-48(60)41-20-16-15-17-21-41/h15-37H,1-14H3. The largest absolute Gasteiger partial charge is 0.440 e. The van der Waals surface area contributed by atoms with Crippen molar-refractivity contribution in [1.82, 2.24) is 0 Å². The zero-order valence-corrected chi connectivity index (χ0v) is 43.9. The molecule has 0 radical (unpaired) electrons. The molecule has 0 saturated heterocycles. The lowest BCUT2D eigenvalue weighted by molar-refractivity contribution is 0.588. The summed E-state index contributed by atoms with van der Waals surface area (Å²) >= 11 is 1.83. The van der Waals surface area contributed by atoms with Crippen molar-refractivity contribution in [2.75, 3.05) is 9.80 Å². The maximum Gasteiger partial charge on any atom is 0.257 e. The number of benzene rings is 7. The molecule has 4 heterocycles. The van der Waals surface area contributed by atoms with Crippen molar-refractivity contribution in [3.63, 3.8) is 0 Å². The second-order valence-electron chi connectivity index (χ2n) is 23.4. The van der Waals surface area contributed by atoms with Crippen molar-refractivity contribution in [3.05, 3.63) is 172 Å². The average molecular weight is 921 g/mol. The average Bonchev–Trinajstić information content (AvgIpc) is 3.90. The van der Waals surface area contributed by atoms with E-state index in [1.165, 1.54) is 121 Å². The molecule has 0 fully saturated rings. The molecule has 0 N–H and O–H groups in total. The first-order chi connectivity index (χ1) is 32.7. The molecule has 0 unspecified atom stereocenters. The molecule has 2 aliphatic heterocycles. The molecule has 346 valence electrons. The fourth-order valence-electron chi connectivity index (χ4n) is 11.3. The first kappa shape index (κ1) is 45.2. The molecule has 0 bridgehead atoms. The van der Waals surface area contributed by atoms with Crippen molar-refractivity contribution in [2.24, 2.45) is 0 Å². The van der Waals surface area contributed by atoms with Gasteiger partial charge in [0.1, 0.15) is 5.58 Å². The number of rotatable bonds is 5. The fourth-order valence-corrected chi connectivity index (χ4v) is 12.2.